The fraction of sp³-hybridized carbons (Fsp3) is 0.452. The Balaban J connectivity index is 1.46. The molecule has 2 atom stereocenters. The first kappa shape index (κ1) is 27.4. The minimum atomic E-state index is -1.12. The Hall–Kier alpha value is -3.61. The van der Waals surface area contributed by atoms with Gasteiger partial charge in [-0.05, 0) is 68.7 Å². The molecule has 2 aliphatic rings. The molecular weight excluding hydrogens is 480 g/mol. The third-order valence-corrected chi connectivity index (χ3v) is 7.61. The zero-order valence-electron chi connectivity index (χ0n) is 22.4. The molecule has 0 saturated carbocycles. The Bertz CT molecular complexity index is 1140. The average Bonchev–Trinajstić information content (AvgIpc) is 3.17. The van der Waals surface area contributed by atoms with Gasteiger partial charge >= 0.3 is 5.97 Å². The monoisotopic (exact) mass is 518 g/mol. The summed E-state index contributed by atoms with van der Waals surface area (Å²) in [6, 6.07) is 17.8. The van der Waals surface area contributed by atoms with Crippen molar-refractivity contribution in [2.45, 2.75) is 58.4 Å². The van der Waals surface area contributed by atoms with Crippen LogP contribution in [0.3, 0.4) is 0 Å². The number of rotatable bonds is 12. The Morgan fingerprint density at radius 1 is 1.05 bits per heavy atom. The standard InChI is InChI=1S/C31H38N2O5/c1-3-38-30(36)31-19-9-7-14-27(31)33(22-24-15-17-25(37-2)18-16-24)29(35)26(31)21-28(34)32-20-10-8-13-23-11-5-4-6-12-23/h4-6,11-12,14-18,26H,3,7-10,13,19-22H2,1-2H3,(H,32,34)/t26-,31-/m0/s1. The van der Waals surface area contributed by atoms with Crippen molar-refractivity contribution < 1.29 is 23.9 Å². The Morgan fingerprint density at radius 3 is 2.53 bits per heavy atom. The van der Waals surface area contributed by atoms with Gasteiger partial charge in [-0.1, -0.05) is 48.5 Å². The fourth-order valence-corrected chi connectivity index (χ4v) is 5.68. The third-order valence-electron chi connectivity index (χ3n) is 7.61. The van der Waals surface area contributed by atoms with E-state index >= 15 is 0 Å². The van der Waals surface area contributed by atoms with Gasteiger partial charge in [-0.2, -0.15) is 0 Å². The van der Waals surface area contributed by atoms with Gasteiger partial charge in [-0.25, -0.2) is 0 Å². The molecule has 1 aliphatic heterocycles. The number of amides is 2. The van der Waals surface area contributed by atoms with Crippen molar-refractivity contribution in [1.82, 2.24) is 10.2 Å². The van der Waals surface area contributed by atoms with E-state index in [4.69, 9.17) is 9.47 Å². The predicted octanol–water partition coefficient (Wildman–Crippen LogP) is 4.80. The Morgan fingerprint density at radius 2 is 1.82 bits per heavy atom. The summed E-state index contributed by atoms with van der Waals surface area (Å²) in [6.45, 7) is 2.86. The number of fused-ring (bicyclic) bond motifs is 1. The highest BCUT2D eigenvalue weighted by molar-refractivity contribution is 5.99. The summed E-state index contributed by atoms with van der Waals surface area (Å²) in [5.41, 5.74) is 1.76. The van der Waals surface area contributed by atoms with Crippen LogP contribution in [0.1, 0.15) is 56.6 Å². The Labute approximate surface area is 225 Å². The molecule has 0 radical (unpaired) electrons. The van der Waals surface area contributed by atoms with Crippen LogP contribution in [0.15, 0.2) is 66.4 Å². The summed E-state index contributed by atoms with van der Waals surface area (Å²) in [6.07, 6.45) is 6.76. The molecule has 1 fully saturated rings. The zero-order valence-corrected chi connectivity index (χ0v) is 22.4. The van der Waals surface area contributed by atoms with E-state index in [1.807, 2.05) is 48.5 Å². The van der Waals surface area contributed by atoms with Crippen LogP contribution in [0.4, 0.5) is 0 Å². The van der Waals surface area contributed by atoms with E-state index in [-0.39, 0.29) is 24.8 Å². The molecule has 0 spiro atoms. The number of carbonyl (C=O) groups excluding carboxylic acids is 3. The predicted molar refractivity (Wildman–Crippen MR) is 145 cm³/mol. The maximum Gasteiger partial charge on any atom is 0.318 e. The maximum atomic E-state index is 13.9. The maximum absolute atomic E-state index is 13.9. The van der Waals surface area contributed by atoms with E-state index in [0.29, 0.717) is 25.2 Å². The van der Waals surface area contributed by atoms with Gasteiger partial charge in [-0.15, -0.1) is 0 Å². The van der Waals surface area contributed by atoms with Crippen molar-refractivity contribution in [3.8, 4) is 5.75 Å². The molecule has 0 bridgehead atoms. The molecule has 0 aromatic heterocycles. The first-order chi connectivity index (χ1) is 18.5. The van der Waals surface area contributed by atoms with Gasteiger partial charge in [0.1, 0.15) is 11.2 Å². The number of aryl methyl sites for hydroxylation is 1. The topological polar surface area (TPSA) is 84.9 Å². The van der Waals surface area contributed by atoms with E-state index < -0.39 is 17.3 Å². The van der Waals surface area contributed by atoms with Crippen LogP contribution in [-0.4, -0.2) is 42.9 Å². The van der Waals surface area contributed by atoms with Gasteiger partial charge in [0.25, 0.3) is 0 Å². The number of ether oxygens (including phenoxy) is 2. The molecule has 2 aromatic rings. The SMILES string of the molecule is CCOC(=O)[C@]12CCCC=C1N(Cc1ccc(OC)cc1)C(=O)[C@@H]2CC(=O)NCCCCc1ccccc1. The first-order valence-electron chi connectivity index (χ1n) is 13.6. The lowest BCUT2D eigenvalue weighted by Gasteiger charge is -2.35. The van der Waals surface area contributed by atoms with E-state index in [1.165, 1.54) is 5.56 Å². The molecule has 4 rings (SSSR count). The number of methoxy groups -OCH3 is 1. The van der Waals surface area contributed by atoms with Gasteiger partial charge in [0, 0.05) is 18.7 Å². The van der Waals surface area contributed by atoms with Gasteiger partial charge in [0.2, 0.25) is 11.8 Å². The van der Waals surface area contributed by atoms with Crippen LogP contribution in [0.25, 0.3) is 0 Å². The number of unbranched alkanes of at least 4 members (excludes halogenated alkanes) is 1. The van der Waals surface area contributed by atoms with Gasteiger partial charge in [0.15, 0.2) is 0 Å². The minimum absolute atomic E-state index is 0.0349. The van der Waals surface area contributed by atoms with Crippen molar-refractivity contribution in [3.05, 3.63) is 77.5 Å². The van der Waals surface area contributed by atoms with Crippen LogP contribution >= 0.6 is 0 Å². The van der Waals surface area contributed by atoms with E-state index in [2.05, 4.69) is 17.4 Å². The number of carbonyl (C=O) groups is 3. The second-order valence-corrected chi connectivity index (χ2v) is 10.00. The highest BCUT2D eigenvalue weighted by Gasteiger charge is 2.62. The summed E-state index contributed by atoms with van der Waals surface area (Å²) in [4.78, 5) is 42.1. The van der Waals surface area contributed by atoms with Crippen LogP contribution < -0.4 is 10.1 Å². The Kier molecular flexibility index (Phi) is 9.21. The third kappa shape index (κ3) is 5.93. The largest absolute Gasteiger partial charge is 0.497 e. The number of hydrogen-bond acceptors (Lipinski definition) is 5. The quantitative estimate of drug-likeness (QED) is 0.322. The molecule has 38 heavy (non-hydrogen) atoms. The number of benzene rings is 2. The van der Waals surface area contributed by atoms with Crippen LogP contribution in [0.2, 0.25) is 0 Å². The van der Waals surface area contributed by atoms with Crippen molar-refractivity contribution in [2.75, 3.05) is 20.3 Å². The molecular formula is C31H38N2O5. The van der Waals surface area contributed by atoms with Crippen molar-refractivity contribution in [3.63, 3.8) is 0 Å². The van der Waals surface area contributed by atoms with E-state index in [0.717, 1.165) is 43.4 Å². The molecule has 1 N–H and O–H groups in total. The summed E-state index contributed by atoms with van der Waals surface area (Å²) < 4.78 is 10.8. The highest BCUT2D eigenvalue weighted by atomic mass is 16.5. The molecule has 1 heterocycles. The summed E-state index contributed by atoms with van der Waals surface area (Å²) >= 11 is 0. The van der Waals surface area contributed by atoms with E-state index in [9.17, 15) is 14.4 Å². The number of nitrogens with one attached hydrogen (secondary N) is 1. The first-order valence-corrected chi connectivity index (χ1v) is 13.6. The number of hydrogen-bond donors (Lipinski definition) is 1. The molecule has 7 nitrogen and oxygen atoms in total. The van der Waals surface area contributed by atoms with Crippen molar-refractivity contribution >= 4 is 17.8 Å². The second kappa shape index (κ2) is 12.8. The summed E-state index contributed by atoms with van der Waals surface area (Å²) in [5, 5.41) is 2.98. The van der Waals surface area contributed by atoms with E-state index in [1.54, 1.807) is 18.9 Å². The lowest BCUT2D eigenvalue weighted by molar-refractivity contribution is -0.158. The molecule has 2 amide bonds. The number of nitrogens with zero attached hydrogens (tertiary/aromatic N) is 1. The molecule has 2 aromatic carbocycles. The lowest BCUT2D eigenvalue weighted by Crippen LogP contribution is -2.43. The van der Waals surface area contributed by atoms with Crippen LogP contribution in [0.5, 0.6) is 5.75 Å². The zero-order chi connectivity index (χ0) is 27.0. The van der Waals surface area contributed by atoms with Crippen molar-refractivity contribution in [1.29, 1.82) is 0 Å². The van der Waals surface area contributed by atoms with Crippen LogP contribution in [-0.2, 0) is 32.1 Å². The summed E-state index contributed by atoms with van der Waals surface area (Å²) in [5.74, 6) is -0.852. The second-order valence-electron chi connectivity index (χ2n) is 10.00. The number of likely N-dealkylation sites (tertiary alicyclic amines) is 1. The van der Waals surface area contributed by atoms with Gasteiger partial charge in [0.05, 0.1) is 26.2 Å². The van der Waals surface area contributed by atoms with Gasteiger partial charge < -0.3 is 19.7 Å². The normalized spacial score (nSPS) is 20.5. The molecule has 0 unspecified atom stereocenters. The van der Waals surface area contributed by atoms with Gasteiger partial charge in [-0.3, -0.25) is 14.4 Å². The smallest absolute Gasteiger partial charge is 0.318 e. The number of allylic oxidation sites excluding steroid dienone is 1. The molecule has 202 valence electrons. The van der Waals surface area contributed by atoms with Crippen LogP contribution in [0, 0.1) is 11.3 Å². The minimum Gasteiger partial charge on any atom is -0.497 e. The highest BCUT2D eigenvalue weighted by Crippen LogP contribution is 2.54. The van der Waals surface area contributed by atoms with Crippen molar-refractivity contribution in [2.24, 2.45) is 11.3 Å². The summed E-state index contributed by atoms with van der Waals surface area (Å²) in [7, 11) is 1.61. The fourth-order valence-electron chi connectivity index (χ4n) is 5.68. The average molecular weight is 519 g/mol. The molecule has 7 heteroatoms. The number of esters is 1. The molecule has 1 aliphatic carbocycles. The lowest BCUT2D eigenvalue weighted by atomic mass is 9.68. The molecule has 1 saturated heterocycles.